The van der Waals surface area contributed by atoms with Crippen molar-refractivity contribution in [2.75, 3.05) is 12.5 Å². The zero-order chi connectivity index (χ0) is 13.0. The molecule has 0 aromatic heterocycles. The van der Waals surface area contributed by atoms with Crippen molar-refractivity contribution in [2.45, 2.75) is 77.5 Å². The van der Waals surface area contributed by atoms with E-state index in [-0.39, 0.29) is 0 Å². The Hall–Kier alpha value is 0.310. The maximum Gasteiger partial charge on any atom is 0.0234 e. The smallest absolute Gasteiger partial charge is 0.0234 e. The summed E-state index contributed by atoms with van der Waals surface area (Å²) in [5.74, 6) is 0. The van der Waals surface area contributed by atoms with Gasteiger partial charge >= 0.3 is 0 Å². The third-order valence-corrected chi connectivity index (χ3v) is 8.83. The Kier molecular flexibility index (Phi) is 5.88. The van der Waals surface area contributed by atoms with E-state index in [0.29, 0.717) is 10.3 Å². The molecule has 16 heavy (non-hydrogen) atoms. The van der Waals surface area contributed by atoms with E-state index >= 15 is 0 Å². The Morgan fingerprint density at radius 2 is 1.19 bits per heavy atom. The first kappa shape index (κ1) is 16.3. The van der Waals surface area contributed by atoms with Crippen LogP contribution in [0.4, 0.5) is 0 Å². The molecular weight excluding hydrogens is 214 g/mol. The molecule has 0 amide bonds. The molecule has 2 heteroatoms. The van der Waals surface area contributed by atoms with E-state index in [9.17, 15) is 0 Å². The fourth-order valence-corrected chi connectivity index (χ4v) is 5.32. The van der Waals surface area contributed by atoms with E-state index in [2.05, 4.69) is 58.8 Å². The summed E-state index contributed by atoms with van der Waals surface area (Å²) >= 11 is 0. The lowest BCUT2D eigenvalue weighted by atomic mass is 9.98. The largest absolute Gasteiger partial charge is 0.275 e. The number of rotatable bonds is 7. The average molecular weight is 247 g/mol. The molecule has 0 aliphatic heterocycles. The minimum Gasteiger partial charge on any atom is -0.275 e. The molecule has 1 N–H and O–H groups in total. The molecule has 0 saturated carbocycles. The van der Waals surface area contributed by atoms with Gasteiger partial charge in [-0.3, -0.25) is 4.72 Å². The summed E-state index contributed by atoms with van der Waals surface area (Å²) in [4.78, 5) is 0. The molecule has 100 valence electrons. The summed E-state index contributed by atoms with van der Waals surface area (Å²) in [5.41, 5.74) is 0.310. The molecule has 1 nitrogen and oxygen atoms in total. The van der Waals surface area contributed by atoms with Crippen molar-refractivity contribution in [2.24, 2.45) is 0 Å². The molecule has 0 radical (unpaired) electrons. The van der Waals surface area contributed by atoms with Crippen LogP contribution in [-0.4, -0.2) is 22.8 Å². The second-order valence-corrected chi connectivity index (χ2v) is 9.70. The van der Waals surface area contributed by atoms with Crippen LogP contribution in [0, 0.1) is 0 Å². The summed E-state index contributed by atoms with van der Waals surface area (Å²) in [6, 6.07) is 0. The van der Waals surface area contributed by atoms with Gasteiger partial charge in [0.1, 0.15) is 0 Å². The van der Waals surface area contributed by atoms with Crippen LogP contribution in [0.3, 0.4) is 0 Å². The number of hydrogen-bond donors (Lipinski definition) is 1. The highest BCUT2D eigenvalue weighted by Crippen LogP contribution is 2.55. The standard InChI is InChI=1S/C14H33NS/c1-9-13(5,10-2)15-16(7,8)14(6,11-3)12-4/h15H,9-12H2,1-8H3. The van der Waals surface area contributed by atoms with Crippen LogP contribution in [0.15, 0.2) is 0 Å². The van der Waals surface area contributed by atoms with Gasteiger partial charge in [0.25, 0.3) is 0 Å². The van der Waals surface area contributed by atoms with Gasteiger partial charge in [0.05, 0.1) is 0 Å². The van der Waals surface area contributed by atoms with E-state index < -0.39 is 10.2 Å². The van der Waals surface area contributed by atoms with Gasteiger partial charge in [-0.25, -0.2) is 0 Å². The maximum atomic E-state index is 3.99. The summed E-state index contributed by atoms with van der Waals surface area (Å²) in [7, 11) is -0.754. The van der Waals surface area contributed by atoms with Crippen molar-refractivity contribution in [3.05, 3.63) is 0 Å². The quantitative estimate of drug-likeness (QED) is 0.687. The average Bonchev–Trinajstić information content (AvgIpc) is 2.26. The predicted octanol–water partition coefficient (Wildman–Crippen LogP) is 4.71. The highest BCUT2D eigenvalue weighted by molar-refractivity contribution is 8.32. The Balaban J connectivity index is 4.92. The van der Waals surface area contributed by atoms with E-state index in [1.165, 1.54) is 25.7 Å². The Morgan fingerprint density at radius 1 is 0.812 bits per heavy atom. The molecule has 0 aromatic rings. The summed E-state index contributed by atoms with van der Waals surface area (Å²) < 4.78 is 4.45. The molecule has 0 aromatic carbocycles. The Bertz CT molecular complexity index is 203. The van der Waals surface area contributed by atoms with Crippen LogP contribution in [0.2, 0.25) is 0 Å². The van der Waals surface area contributed by atoms with Crippen LogP contribution in [0.25, 0.3) is 0 Å². The van der Waals surface area contributed by atoms with E-state index in [4.69, 9.17) is 0 Å². The van der Waals surface area contributed by atoms with Gasteiger partial charge in [-0.1, -0.05) is 34.6 Å². The molecule has 0 spiro atoms. The van der Waals surface area contributed by atoms with Gasteiger partial charge in [0, 0.05) is 10.3 Å². The molecule has 0 fully saturated rings. The van der Waals surface area contributed by atoms with E-state index in [0.717, 1.165) is 0 Å². The number of nitrogens with one attached hydrogen (secondary N) is 1. The number of hydrogen-bond acceptors (Lipinski definition) is 1. The highest BCUT2D eigenvalue weighted by Gasteiger charge is 2.37. The van der Waals surface area contributed by atoms with Crippen molar-refractivity contribution in [1.29, 1.82) is 0 Å². The third-order valence-electron chi connectivity index (χ3n) is 4.79. The lowest BCUT2D eigenvalue weighted by Crippen LogP contribution is -2.48. The van der Waals surface area contributed by atoms with E-state index in [1.54, 1.807) is 0 Å². The normalized spacial score (nSPS) is 15.2. The SMILES string of the molecule is CCC(C)(CC)NS(C)(C)C(C)(CC)CC. The van der Waals surface area contributed by atoms with Crippen molar-refractivity contribution in [3.8, 4) is 0 Å². The van der Waals surface area contributed by atoms with Crippen LogP contribution < -0.4 is 4.72 Å². The second-order valence-electron chi connectivity index (χ2n) is 5.85. The molecule has 0 unspecified atom stereocenters. The lowest BCUT2D eigenvalue weighted by Gasteiger charge is -2.53. The van der Waals surface area contributed by atoms with Gasteiger partial charge in [0.15, 0.2) is 0 Å². The zero-order valence-corrected chi connectivity index (χ0v) is 13.6. The summed E-state index contributed by atoms with van der Waals surface area (Å²) in [6.07, 6.45) is 9.85. The molecule has 0 bridgehead atoms. The highest BCUT2D eigenvalue weighted by atomic mass is 32.3. The van der Waals surface area contributed by atoms with E-state index in [1.807, 2.05) is 0 Å². The Labute approximate surface area is 105 Å². The Morgan fingerprint density at radius 3 is 1.44 bits per heavy atom. The van der Waals surface area contributed by atoms with Crippen molar-refractivity contribution >= 4 is 10.2 Å². The molecular formula is C14H33NS. The van der Waals surface area contributed by atoms with Crippen molar-refractivity contribution < 1.29 is 0 Å². The molecule has 0 heterocycles. The van der Waals surface area contributed by atoms with Gasteiger partial charge in [-0.05, 0) is 45.1 Å². The van der Waals surface area contributed by atoms with Crippen molar-refractivity contribution in [1.82, 2.24) is 4.72 Å². The minimum absolute atomic E-state index is 0.310. The molecule has 0 aliphatic rings. The molecule has 0 atom stereocenters. The van der Waals surface area contributed by atoms with Crippen LogP contribution in [0.5, 0.6) is 0 Å². The van der Waals surface area contributed by atoms with Gasteiger partial charge in [-0.15, -0.1) is 0 Å². The molecule has 0 aliphatic carbocycles. The fraction of sp³-hybridized carbons (Fsp3) is 1.00. The van der Waals surface area contributed by atoms with Gasteiger partial charge in [-0.2, -0.15) is 10.2 Å². The first-order valence-corrected chi connectivity index (χ1v) is 9.17. The predicted molar refractivity (Wildman–Crippen MR) is 80.5 cm³/mol. The first-order chi connectivity index (χ1) is 7.20. The molecule has 0 saturated heterocycles. The van der Waals surface area contributed by atoms with Crippen LogP contribution in [-0.2, 0) is 0 Å². The summed E-state index contributed by atoms with van der Waals surface area (Å²) in [6.45, 7) is 14.1. The first-order valence-electron chi connectivity index (χ1n) is 6.72. The minimum atomic E-state index is -0.754. The van der Waals surface area contributed by atoms with Crippen LogP contribution in [0.1, 0.15) is 67.2 Å². The summed E-state index contributed by atoms with van der Waals surface area (Å²) in [5, 5.41) is 0. The maximum absolute atomic E-state index is 3.99. The van der Waals surface area contributed by atoms with Gasteiger partial charge in [0.2, 0.25) is 0 Å². The second kappa shape index (κ2) is 5.77. The van der Waals surface area contributed by atoms with Crippen molar-refractivity contribution in [3.63, 3.8) is 0 Å². The lowest BCUT2D eigenvalue weighted by molar-refractivity contribution is 0.396. The fourth-order valence-electron chi connectivity index (χ4n) is 2.11. The molecule has 0 rings (SSSR count). The third kappa shape index (κ3) is 3.40. The van der Waals surface area contributed by atoms with Gasteiger partial charge < -0.3 is 0 Å². The van der Waals surface area contributed by atoms with Crippen LogP contribution >= 0.6 is 10.2 Å². The monoisotopic (exact) mass is 247 g/mol. The zero-order valence-electron chi connectivity index (χ0n) is 12.7. The topological polar surface area (TPSA) is 12.0 Å².